The Morgan fingerprint density at radius 1 is 0.966 bits per heavy atom. The monoisotopic (exact) mass is 392 g/mol. The zero-order chi connectivity index (χ0) is 20.2. The molecule has 0 atom stereocenters. The van der Waals surface area contributed by atoms with E-state index in [1.165, 1.54) is 19.5 Å². The maximum atomic E-state index is 12.3. The predicted octanol–water partition coefficient (Wildman–Crippen LogP) is 2.99. The average Bonchev–Trinajstić information content (AvgIpc) is 3.22. The van der Waals surface area contributed by atoms with Crippen LogP contribution >= 0.6 is 0 Å². The third-order valence-electron chi connectivity index (χ3n) is 4.09. The normalized spacial score (nSPS) is 11.6. The smallest absolute Gasteiger partial charge is 0.337 e. The Morgan fingerprint density at radius 3 is 2.45 bits per heavy atom. The molecule has 2 aromatic carbocycles. The SMILES string of the molecule is COC(=O)c1ccc(NC(=O)c2cnc(Nc3ccc4c(c3)OCO4)cn2)cc1. The molecule has 0 saturated carbocycles. The maximum absolute atomic E-state index is 12.3. The van der Waals surface area contributed by atoms with Gasteiger partial charge >= 0.3 is 5.97 Å². The van der Waals surface area contributed by atoms with Gasteiger partial charge in [0.1, 0.15) is 11.5 Å². The van der Waals surface area contributed by atoms with E-state index < -0.39 is 11.9 Å². The highest BCUT2D eigenvalue weighted by Gasteiger charge is 2.14. The summed E-state index contributed by atoms with van der Waals surface area (Å²) in [7, 11) is 1.31. The number of methoxy groups -OCH3 is 1. The average molecular weight is 392 g/mol. The van der Waals surface area contributed by atoms with Crippen LogP contribution in [0.1, 0.15) is 20.8 Å². The van der Waals surface area contributed by atoms with Crippen molar-refractivity contribution in [1.82, 2.24) is 9.97 Å². The van der Waals surface area contributed by atoms with Crippen molar-refractivity contribution in [3.8, 4) is 11.5 Å². The second-order valence-electron chi connectivity index (χ2n) is 6.00. The lowest BCUT2D eigenvalue weighted by Crippen LogP contribution is -2.14. The number of benzene rings is 2. The zero-order valence-electron chi connectivity index (χ0n) is 15.3. The molecule has 0 spiro atoms. The summed E-state index contributed by atoms with van der Waals surface area (Å²) in [5.41, 5.74) is 1.82. The number of hydrogen-bond acceptors (Lipinski definition) is 8. The fourth-order valence-electron chi connectivity index (χ4n) is 2.63. The number of hydrogen-bond donors (Lipinski definition) is 2. The van der Waals surface area contributed by atoms with E-state index in [1.807, 2.05) is 6.07 Å². The standard InChI is InChI=1S/C20H16N4O5/c1-27-20(26)12-2-4-13(5-3-12)24-19(25)15-9-22-18(10-21-15)23-14-6-7-16-17(8-14)29-11-28-16/h2-10H,11H2,1H3,(H,22,23)(H,24,25). The fraction of sp³-hybridized carbons (Fsp3) is 0.100. The summed E-state index contributed by atoms with van der Waals surface area (Å²) in [4.78, 5) is 32.1. The molecule has 2 N–H and O–H groups in total. The van der Waals surface area contributed by atoms with E-state index in [2.05, 4.69) is 25.3 Å². The number of nitrogens with one attached hydrogen (secondary N) is 2. The Labute approximate surface area is 165 Å². The van der Waals surface area contributed by atoms with E-state index in [4.69, 9.17) is 9.47 Å². The molecule has 0 radical (unpaired) electrons. The first-order valence-electron chi connectivity index (χ1n) is 8.61. The second kappa shape index (κ2) is 7.85. The van der Waals surface area contributed by atoms with Crippen LogP contribution in [-0.2, 0) is 4.74 Å². The van der Waals surface area contributed by atoms with Crippen LogP contribution in [-0.4, -0.2) is 35.7 Å². The Bertz CT molecular complexity index is 1050. The molecule has 0 aliphatic carbocycles. The lowest BCUT2D eigenvalue weighted by atomic mass is 10.2. The van der Waals surface area contributed by atoms with Gasteiger partial charge < -0.3 is 24.8 Å². The van der Waals surface area contributed by atoms with Crippen LogP contribution in [0.5, 0.6) is 11.5 Å². The molecule has 4 rings (SSSR count). The topological polar surface area (TPSA) is 112 Å². The first kappa shape index (κ1) is 18.2. The van der Waals surface area contributed by atoms with Crippen LogP contribution in [0.4, 0.5) is 17.2 Å². The van der Waals surface area contributed by atoms with Crippen LogP contribution in [0, 0.1) is 0 Å². The third kappa shape index (κ3) is 4.08. The van der Waals surface area contributed by atoms with Crippen molar-refractivity contribution in [1.29, 1.82) is 0 Å². The van der Waals surface area contributed by atoms with Crippen molar-refractivity contribution in [3.05, 3.63) is 66.1 Å². The number of ether oxygens (including phenoxy) is 3. The van der Waals surface area contributed by atoms with Crippen LogP contribution in [0.25, 0.3) is 0 Å². The summed E-state index contributed by atoms with van der Waals surface area (Å²) in [5.74, 6) is 0.950. The summed E-state index contributed by atoms with van der Waals surface area (Å²) < 4.78 is 15.2. The van der Waals surface area contributed by atoms with Gasteiger partial charge in [0.25, 0.3) is 5.91 Å². The van der Waals surface area contributed by atoms with Crippen LogP contribution in [0.3, 0.4) is 0 Å². The minimum atomic E-state index is -0.445. The highest BCUT2D eigenvalue weighted by Crippen LogP contribution is 2.34. The third-order valence-corrected chi connectivity index (χ3v) is 4.09. The van der Waals surface area contributed by atoms with Gasteiger partial charge in [-0.15, -0.1) is 0 Å². The quantitative estimate of drug-likeness (QED) is 0.638. The van der Waals surface area contributed by atoms with Gasteiger partial charge in [-0.1, -0.05) is 0 Å². The van der Waals surface area contributed by atoms with Crippen LogP contribution < -0.4 is 20.1 Å². The molecule has 0 unspecified atom stereocenters. The predicted molar refractivity (Wildman–Crippen MR) is 104 cm³/mol. The molecular formula is C20H16N4O5. The molecule has 9 nitrogen and oxygen atoms in total. The van der Waals surface area contributed by atoms with Crippen molar-refractivity contribution < 1.29 is 23.8 Å². The molecule has 1 aliphatic rings. The Kier molecular flexibility index (Phi) is 4.93. The maximum Gasteiger partial charge on any atom is 0.337 e. The van der Waals surface area contributed by atoms with Crippen LogP contribution in [0.2, 0.25) is 0 Å². The minimum Gasteiger partial charge on any atom is -0.465 e. The Morgan fingerprint density at radius 2 is 1.72 bits per heavy atom. The summed E-state index contributed by atoms with van der Waals surface area (Å²) in [6.45, 7) is 0.202. The van der Waals surface area contributed by atoms with Crippen LogP contribution in [0.15, 0.2) is 54.9 Å². The first-order valence-corrected chi connectivity index (χ1v) is 8.61. The molecule has 0 fully saturated rings. The van der Waals surface area contributed by atoms with E-state index in [0.29, 0.717) is 28.6 Å². The van der Waals surface area contributed by atoms with Crippen molar-refractivity contribution in [2.75, 3.05) is 24.5 Å². The van der Waals surface area contributed by atoms with Crippen molar-refractivity contribution in [2.24, 2.45) is 0 Å². The molecule has 146 valence electrons. The molecule has 2 heterocycles. The number of nitrogens with zero attached hydrogens (tertiary/aromatic N) is 2. The molecule has 0 saturated heterocycles. The van der Waals surface area contributed by atoms with E-state index in [0.717, 1.165) is 5.69 Å². The molecule has 1 aliphatic heterocycles. The summed E-state index contributed by atoms with van der Waals surface area (Å²) in [6.07, 6.45) is 2.83. The van der Waals surface area contributed by atoms with Gasteiger partial charge in [-0.25, -0.2) is 14.8 Å². The second-order valence-corrected chi connectivity index (χ2v) is 6.00. The number of amides is 1. The van der Waals surface area contributed by atoms with E-state index in [1.54, 1.807) is 36.4 Å². The number of anilines is 3. The number of rotatable bonds is 5. The number of carbonyl (C=O) groups excluding carboxylic acids is 2. The van der Waals surface area contributed by atoms with Gasteiger partial charge in [-0.05, 0) is 36.4 Å². The van der Waals surface area contributed by atoms with Crippen molar-refractivity contribution in [3.63, 3.8) is 0 Å². The molecular weight excluding hydrogens is 376 g/mol. The fourth-order valence-corrected chi connectivity index (χ4v) is 2.63. The summed E-state index contributed by atoms with van der Waals surface area (Å²) in [6, 6.07) is 11.7. The van der Waals surface area contributed by atoms with Gasteiger partial charge in [0, 0.05) is 17.4 Å². The summed E-state index contributed by atoms with van der Waals surface area (Å²) >= 11 is 0. The number of fused-ring (bicyclic) bond motifs is 1. The minimum absolute atomic E-state index is 0.151. The Hall–Kier alpha value is -4.14. The molecule has 9 heteroatoms. The molecule has 1 aromatic heterocycles. The number of esters is 1. The number of carbonyl (C=O) groups is 2. The van der Waals surface area contributed by atoms with Gasteiger partial charge in [-0.3, -0.25) is 4.79 Å². The number of aromatic nitrogens is 2. The van der Waals surface area contributed by atoms with E-state index >= 15 is 0 Å². The van der Waals surface area contributed by atoms with Crippen molar-refractivity contribution in [2.45, 2.75) is 0 Å². The highest BCUT2D eigenvalue weighted by atomic mass is 16.7. The molecule has 3 aromatic rings. The Balaban J connectivity index is 1.39. The first-order chi connectivity index (χ1) is 14.1. The zero-order valence-corrected chi connectivity index (χ0v) is 15.3. The van der Waals surface area contributed by atoms with E-state index in [9.17, 15) is 9.59 Å². The summed E-state index contributed by atoms with van der Waals surface area (Å²) in [5, 5.41) is 5.78. The van der Waals surface area contributed by atoms with Gasteiger partial charge in [0.2, 0.25) is 6.79 Å². The molecule has 29 heavy (non-hydrogen) atoms. The van der Waals surface area contributed by atoms with Gasteiger partial charge in [0.05, 0.1) is 25.1 Å². The molecule has 1 amide bonds. The van der Waals surface area contributed by atoms with Crippen molar-refractivity contribution >= 4 is 29.1 Å². The van der Waals surface area contributed by atoms with Gasteiger partial charge in [0.15, 0.2) is 11.5 Å². The highest BCUT2D eigenvalue weighted by molar-refractivity contribution is 6.03. The largest absolute Gasteiger partial charge is 0.465 e. The van der Waals surface area contributed by atoms with Gasteiger partial charge in [-0.2, -0.15) is 0 Å². The molecule has 0 bridgehead atoms. The lowest BCUT2D eigenvalue weighted by Gasteiger charge is -2.08. The lowest BCUT2D eigenvalue weighted by molar-refractivity contribution is 0.0600. The van der Waals surface area contributed by atoms with E-state index in [-0.39, 0.29) is 12.5 Å².